The minimum absolute atomic E-state index is 0. The van der Waals surface area contributed by atoms with Gasteiger partial charge in [-0.05, 0) is 60.8 Å². The van der Waals surface area contributed by atoms with Crippen molar-refractivity contribution < 1.29 is 13.2 Å². The maximum atomic E-state index is 12.8. The number of aromatic nitrogens is 2. The number of rotatable bonds is 6. The van der Waals surface area contributed by atoms with Crippen LogP contribution in [0, 0.1) is 0 Å². The quantitative estimate of drug-likeness (QED) is 0.251. The first-order chi connectivity index (χ1) is 16.9. The van der Waals surface area contributed by atoms with Crippen molar-refractivity contribution in [3.63, 3.8) is 0 Å². The molecule has 1 saturated heterocycles. The predicted molar refractivity (Wildman–Crippen MR) is 145 cm³/mol. The van der Waals surface area contributed by atoms with Gasteiger partial charge >= 0.3 is 6.18 Å². The van der Waals surface area contributed by atoms with Gasteiger partial charge in [0, 0.05) is 18.2 Å². The van der Waals surface area contributed by atoms with Gasteiger partial charge in [0.25, 0.3) is 0 Å². The van der Waals surface area contributed by atoms with E-state index in [1.54, 1.807) is 4.68 Å². The van der Waals surface area contributed by atoms with Crippen LogP contribution in [0.25, 0.3) is 0 Å². The fourth-order valence-corrected chi connectivity index (χ4v) is 5.14. The van der Waals surface area contributed by atoms with Gasteiger partial charge in [0.05, 0.1) is 17.8 Å². The number of hydrogen-bond donors (Lipinski definition) is 0. The van der Waals surface area contributed by atoms with E-state index >= 15 is 0 Å². The molecule has 196 valence electrons. The van der Waals surface area contributed by atoms with Crippen molar-refractivity contribution in [3.8, 4) is 0 Å². The minimum atomic E-state index is -4.32. The molecule has 5 rings (SSSR count). The molecule has 1 aromatic heterocycles. The monoisotopic (exact) mass is 547 g/mol. The normalized spacial score (nSPS) is 15.4. The molecule has 0 aliphatic carbocycles. The zero-order chi connectivity index (χ0) is 24.3. The molecule has 4 aromatic rings. The maximum absolute atomic E-state index is 12.8. The topological polar surface area (TPSA) is 21.1 Å². The van der Waals surface area contributed by atoms with Crippen molar-refractivity contribution in [2.45, 2.75) is 37.5 Å². The van der Waals surface area contributed by atoms with E-state index in [1.165, 1.54) is 23.3 Å². The van der Waals surface area contributed by atoms with E-state index in [0.29, 0.717) is 6.54 Å². The molecule has 3 aromatic carbocycles. The number of halogens is 5. The van der Waals surface area contributed by atoms with Gasteiger partial charge in [0.15, 0.2) is 0 Å². The van der Waals surface area contributed by atoms with Gasteiger partial charge in [-0.25, -0.2) is 0 Å². The summed E-state index contributed by atoms with van der Waals surface area (Å²) >= 11 is 0. The lowest BCUT2D eigenvalue weighted by Gasteiger charge is -2.42. The third-order valence-corrected chi connectivity index (χ3v) is 7.07. The zero-order valence-corrected chi connectivity index (χ0v) is 21.9. The summed E-state index contributed by atoms with van der Waals surface area (Å²) in [4.78, 5) is 2.44. The first-order valence-electron chi connectivity index (χ1n) is 11.9. The summed E-state index contributed by atoms with van der Waals surface area (Å²) in [5.41, 5.74) is 3.89. The standard InChI is InChI=1S/C29H28F3N3.2ClH/c30-29(31,32)26-13-11-23(12-14-26)21-35-18-15-27(33-35)22-34-19-16-28(17-20-34,24-7-3-1-4-8-24)25-9-5-2-6-10-25;;/h1-15,18H,16-17,19-22H2;2*1H. The summed E-state index contributed by atoms with van der Waals surface area (Å²) < 4.78 is 40.2. The molecule has 1 aliphatic rings. The van der Waals surface area contributed by atoms with Crippen LogP contribution >= 0.6 is 24.8 Å². The van der Waals surface area contributed by atoms with Crippen molar-refractivity contribution in [2.24, 2.45) is 0 Å². The van der Waals surface area contributed by atoms with Crippen molar-refractivity contribution >= 4 is 24.8 Å². The van der Waals surface area contributed by atoms with Crippen LogP contribution in [0.5, 0.6) is 0 Å². The molecule has 0 atom stereocenters. The number of piperidine rings is 1. The third-order valence-electron chi connectivity index (χ3n) is 7.07. The average Bonchev–Trinajstić information content (AvgIpc) is 3.32. The Kier molecular flexibility index (Phi) is 9.46. The highest BCUT2D eigenvalue weighted by Gasteiger charge is 2.37. The van der Waals surface area contributed by atoms with Crippen molar-refractivity contribution in [1.29, 1.82) is 0 Å². The highest BCUT2D eigenvalue weighted by atomic mass is 35.5. The van der Waals surface area contributed by atoms with Gasteiger partial charge in [0.2, 0.25) is 0 Å². The van der Waals surface area contributed by atoms with Crippen LogP contribution in [-0.2, 0) is 24.7 Å². The van der Waals surface area contributed by atoms with Crippen LogP contribution in [0.4, 0.5) is 13.2 Å². The van der Waals surface area contributed by atoms with Gasteiger partial charge in [-0.15, -0.1) is 24.8 Å². The number of alkyl halides is 3. The van der Waals surface area contributed by atoms with E-state index in [4.69, 9.17) is 0 Å². The van der Waals surface area contributed by atoms with Gasteiger partial charge in [-0.2, -0.15) is 18.3 Å². The summed E-state index contributed by atoms with van der Waals surface area (Å²) in [5.74, 6) is 0. The van der Waals surface area contributed by atoms with E-state index in [0.717, 1.165) is 55.9 Å². The lowest BCUT2D eigenvalue weighted by Crippen LogP contribution is -2.43. The van der Waals surface area contributed by atoms with Crippen LogP contribution in [0.15, 0.2) is 97.2 Å². The summed E-state index contributed by atoms with van der Waals surface area (Å²) in [6, 6.07) is 28.9. The van der Waals surface area contributed by atoms with Crippen molar-refractivity contribution in [1.82, 2.24) is 14.7 Å². The minimum Gasteiger partial charge on any atom is -0.297 e. The summed E-state index contributed by atoms with van der Waals surface area (Å²) in [6.07, 6.45) is -0.347. The molecule has 0 bridgehead atoms. The van der Waals surface area contributed by atoms with Crippen LogP contribution in [0.2, 0.25) is 0 Å². The van der Waals surface area contributed by atoms with Crippen molar-refractivity contribution in [3.05, 3.63) is 125 Å². The van der Waals surface area contributed by atoms with Crippen LogP contribution in [0.3, 0.4) is 0 Å². The molecule has 8 heteroatoms. The van der Waals surface area contributed by atoms with E-state index < -0.39 is 11.7 Å². The highest BCUT2D eigenvalue weighted by Crippen LogP contribution is 2.41. The van der Waals surface area contributed by atoms with Crippen molar-refractivity contribution in [2.75, 3.05) is 13.1 Å². The maximum Gasteiger partial charge on any atom is 0.416 e. The fraction of sp³-hybridized carbons (Fsp3) is 0.276. The molecule has 1 fully saturated rings. The molecule has 1 aliphatic heterocycles. The highest BCUT2D eigenvalue weighted by molar-refractivity contribution is 5.85. The molecule has 0 radical (unpaired) electrons. The zero-order valence-electron chi connectivity index (χ0n) is 20.3. The number of nitrogens with zero attached hydrogens (tertiary/aromatic N) is 3. The van der Waals surface area contributed by atoms with E-state index in [9.17, 15) is 13.2 Å². The SMILES string of the molecule is Cl.Cl.FC(F)(F)c1ccc(Cn2ccc(CN3CCC(c4ccccc4)(c4ccccc4)CC3)n2)cc1. The molecule has 0 spiro atoms. The van der Waals surface area contributed by atoms with Crippen LogP contribution < -0.4 is 0 Å². The largest absolute Gasteiger partial charge is 0.416 e. The smallest absolute Gasteiger partial charge is 0.297 e. The molecule has 2 heterocycles. The van der Waals surface area contributed by atoms with Gasteiger partial charge in [-0.3, -0.25) is 9.58 Å². The number of hydrogen-bond acceptors (Lipinski definition) is 2. The second-order valence-electron chi connectivity index (χ2n) is 9.29. The first-order valence-corrected chi connectivity index (χ1v) is 11.9. The average molecular weight is 548 g/mol. The Morgan fingerprint density at radius 1 is 0.703 bits per heavy atom. The summed E-state index contributed by atoms with van der Waals surface area (Å²) in [5, 5.41) is 4.68. The Morgan fingerprint density at radius 3 is 1.76 bits per heavy atom. The Bertz CT molecular complexity index is 1190. The Balaban J connectivity index is 0.00000190. The second-order valence-corrected chi connectivity index (χ2v) is 9.29. The molecule has 37 heavy (non-hydrogen) atoms. The van der Waals surface area contributed by atoms with Crippen LogP contribution in [-0.4, -0.2) is 27.8 Å². The van der Waals surface area contributed by atoms with Gasteiger partial charge < -0.3 is 0 Å². The van der Waals surface area contributed by atoms with E-state index in [2.05, 4.69) is 70.7 Å². The summed E-state index contributed by atoms with van der Waals surface area (Å²) in [7, 11) is 0. The molecule has 3 nitrogen and oxygen atoms in total. The fourth-order valence-electron chi connectivity index (χ4n) is 5.14. The van der Waals surface area contributed by atoms with Crippen LogP contribution in [0.1, 0.15) is 40.8 Å². The first kappa shape index (κ1) is 28.8. The molecule has 0 N–H and O–H groups in total. The molecular weight excluding hydrogens is 518 g/mol. The lowest BCUT2D eigenvalue weighted by atomic mass is 9.68. The molecule has 0 saturated carbocycles. The number of likely N-dealkylation sites (tertiary alicyclic amines) is 1. The Morgan fingerprint density at radius 2 is 1.24 bits per heavy atom. The Labute approximate surface area is 228 Å². The second kappa shape index (κ2) is 12.2. The van der Waals surface area contributed by atoms with Gasteiger partial charge in [0.1, 0.15) is 0 Å². The molecule has 0 amide bonds. The predicted octanol–water partition coefficient (Wildman–Crippen LogP) is 7.38. The Hall–Kier alpha value is -2.80. The molecular formula is C29H30Cl2F3N3. The van der Waals surface area contributed by atoms with E-state index in [-0.39, 0.29) is 30.2 Å². The lowest BCUT2D eigenvalue weighted by molar-refractivity contribution is -0.137. The summed E-state index contributed by atoms with van der Waals surface area (Å²) in [6.45, 7) is 3.15. The molecule has 0 unspecified atom stereocenters. The number of benzene rings is 3. The van der Waals surface area contributed by atoms with E-state index in [1.807, 2.05) is 12.3 Å². The van der Waals surface area contributed by atoms with Gasteiger partial charge in [-0.1, -0.05) is 72.8 Å². The third kappa shape index (κ3) is 6.56.